The SMILES string of the molecule is CC(CC(=O)N1CCN(CC(=O)N2CCCCCC2)CC1)C1CCNCC1.Cl.Cl. The zero-order chi connectivity index (χ0) is 19.1. The topological polar surface area (TPSA) is 55.9 Å². The van der Waals surface area contributed by atoms with Gasteiger partial charge in [0, 0.05) is 45.7 Å². The summed E-state index contributed by atoms with van der Waals surface area (Å²) in [4.78, 5) is 31.5. The van der Waals surface area contributed by atoms with Crippen molar-refractivity contribution in [2.24, 2.45) is 11.8 Å². The second-order valence-corrected chi connectivity index (χ2v) is 8.72. The minimum absolute atomic E-state index is 0. The van der Waals surface area contributed by atoms with E-state index in [4.69, 9.17) is 0 Å². The molecule has 0 aliphatic carbocycles. The number of piperidine rings is 1. The Balaban J connectivity index is 0.00000210. The van der Waals surface area contributed by atoms with Gasteiger partial charge in [-0.15, -0.1) is 24.8 Å². The molecule has 2 amide bonds. The lowest BCUT2D eigenvalue weighted by atomic mass is 9.84. The molecule has 3 aliphatic heterocycles. The van der Waals surface area contributed by atoms with Crippen LogP contribution in [0.4, 0.5) is 0 Å². The number of piperazine rings is 1. The van der Waals surface area contributed by atoms with E-state index < -0.39 is 0 Å². The fraction of sp³-hybridized carbons (Fsp3) is 0.905. The zero-order valence-electron chi connectivity index (χ0n) is 17.9. The number of halogens is 2. The molecule has 8 heteroatoms. The monoisotopic (exact) mass is 450 g/mol. The third kappa shape index (κ3) is 8.23. The van der Waals surface area contributed by atoms with Crippen molar-refractivity contribution in [3.05, 3.63) is 0 Å². The van der Waals surface area contributed by atoms with Crippen molar-refractivity contribution < 1.29 is 9.59 Å². The largest absolute Gasteiger partial charge is 0.342 e. The molecule has 1 unspecified atom stereocenters. The molecule has 0 saturated carbocycles. The Morgan fingerprint density at radius 3 is 1.97 bits per heavy atom. The van der Waals surface area contributed by atoms with Crippen molar-refractivity contribution in [3.8, 4) is 0 Å². The summed E-state index contributed by atoms with van der Waals surface area (Å²) in [6.07, 6.45) is 7.85. The van der Waals surface area contributed by atoms with Crippen LogP contribution >= 0.6 is 24.8 Å². The minimum atomic E-state index is 0. The van der Waals surface area contributed by atoms with Crippen LogP contribution in [0.15, 0.2) is 0 Å². The maximum atomic E-state index is 12.7. The molecule has 3 aliphatic rings. The Hall–Kier alpha value is -0.560. The molecule has 0 spiro atoms. The van der Waals surface area contributed by atoms with Crippen LogP contribution < -0.4 is 5.32 Å². The molecule has 3 saturated heterocycles. The molecule has 170 valence electrons. The second-order valence-electron chi connectivity index (χ2n) is 8.72. The zero-order valence-corrected chi connectivity index (χ0v) is 19.6. The normalized spacial score (nSPS) is 22.8. The molecule has 0 bridgehead atoms. The average molecular weight is 451 g/mol. The van der Waals surface area contributed by atoms with E-state index in [2.05, 4.69) is 17.1 Å². The fourth-order valence-corrected chi connectivity index (χ4v) is 4.75. The summed E-state index contributed by atoms with van der Waals surface area (Å²) in [7, 11) is 0. The van der Waals surface area contributed by atoms with Gasteiger partial charge in [0.1, 0.15) is 0 Å². The molecular weight excluding hydrogens is 411 g/mol. The number of rotatable bonds is 5. The van der Waals surface area contributed by atoms with Gasteiger partial charge in [-0.25, -0.2) is 0 Å². The van der Waals surface area contributed by atoms with Crippen molar-refractivity contribution in [2.45, 2.75) is 51.9 Å². The van der Waals surface area contributed by atoms with E-state index in [1.165, 1.54) is 25.7 Å². The summed E-state index contributed by atoms with van der Waals surface area (Å²) in [5.41, 5.74) is 0. The van der Waals surface area contributed by atoms with Gasteiger partial charge in [-0.2, -0.15) is 0 Å². The van der Waals surface area contributed by atoms with Gasteiger partial charge in [-0.1, -0.05) is 19.8 Å². The maximum absolute atomic E-state index is 12.7. The summed E-state index contributed by atoms with van der Waals surface area (Å²) in [5.74, 6) is 1.74. The first-order valence-electron chi connectivity index (χ1n) is 11.1. The Labute approximate surface area is 188 Å². The summed E-state index contributed by atoms with van der Waals surface area (Å²) in [5, 5.41) is 3.40. The molecular formula is C21H40Cl2N4O2. The molecule has 3 rings (SSSR count). The molecule has 1 atom stereocenters. The number of carbonyl (C=O) groups is 2. The smallest absolute Gasteiger partial charge is 0.236 e. The Kier molecular flexibility index (Phi) is 12.5. The van der Waals surface area contributed by atoms with E-state index in [0.29, 0.717) is 30.7 Å². The number of nitrogens with one attached hydrogen (secondary N) is 1. The molecule has 6 nitrogen and oxygen atoms in total. The summed E-state index contributed by atoms with van der Waals surface area (Å²) >= 11 is 0. The quantitative estimate of drug-likeness (QED) is 0.698. The van der Waals surface area contributed by atoms with E-state index >= 15 is 0 Å². The molecule has 0 aromatic rings. The molecule has 3 heterocycles. The van der Waals surface area contributed by atoms with Crippen LogP contribution in [0.25, 0.3) is 0 Å². The predicted molar refractivity (Wildman–Crippen MR) is 122 cm³/mol. The van der Waals surface area contributed by atoms with Crippen molar-refractivity contribution in [1.29, 1.82) is 0 Å². The van der Waals surface area contributed by atoms with E-state index in [-0.39, 0.29) is 30.7 Å². The van der Waals surface area contributed by atoms with Gasteiger partial charge in [-0.05, 0) is 50.6 Å². The lowest BCUT2D eigenvalue weighted by molar-refractivity contribution is -0.136. The van der Waals surface area contributed by atoms with Gasteiger partial charge < -0.3 is 15.1 Å². The van der Waals surface area contributed by atoms with E-state index in [0.717, 1.165) is 65.2 Å². The summed E-state index contributed by atoms with van der Waals surface area (Å²) in [6.45, 7) is 9.98. The first-order chi connectivity index (χ1) is 13.1. The molecule has 3 fully saturated rings. The van der Waals surface area contributed by atoms with Crippen LogP contribution in [-0.4, -0.2) is 85.4 Å². The van der Waals surface area contributed by atoms with Crippen molar-refractivity contribution in [3.63, 3.8) is 0 Å². The average Bonchev–Trinajstić information content (AvgIpc) is 2.99. The van der Waals surface area contributed by atoms with Crippen LogP contribution in [0.3, 0.4) is 0 Å². The number of nitrogens with zero attached hydrogens (tertiary/aromatic N) is 3. The lowest BCUT2D eigenvalue weighted by Gasteiger charge is -2.36. The fourth-order valence-electron chi connectivity index (χ4n) is 4.75. The number of hydrogen-bond donors (Lipinski definition) is 1. The summed E-state index contributed by atoms with van der Waals surface area (Å²) < 4.78 is 0. The number of likely N-dealkylation sites (tertiary alicyclic amines) is 1. The van der Waals surface area contributed by atoms with E-state index in [1.807, 2.05) is 9.80 Å². The Morgan fingerprint density at radius 1 is 0.828 bits per heavy atom. The van der Waals surface area contributed by atoms with Crippen molar-refractivity contribution >= 4 is 36.6 Å². The minimum Gasteiger partial charge on any atom is -0.342 e. The number of hydrogen-bond acceptors (Lipinski definition) is 4. The highest BCUT2D eigenvalue weighted by atomic mass is 35.5. The van der Waals surface area contributed by atoms with Gasteiger partial charge in [0.2, 0.25) is 11.8 Å². The number of carbonyl (C=O) groups excluding carboxylic acids is 2. The Bertz CT molecular complexity index is 487. The third-order valence-electron chi connectivity index (χ3n) is 6.73. The van der Waals surface area contributed by atoms with E-state index in [1.54, 1.807) is 0 Å². The van der Waals surface area contributed by atoms with Gasteiger partial charge >= 0.3 is 0 Å². The Morgan fingerprint density at radius 2 is 1.38 bits per heavy atom. The van der Waals surface area contributed by atoms with Gasteiger partial charge in [0.05, 0.1) is 6.54 Å². The van der Waals surface area contributed by atoms with E-state index in [9.17, 15) is 9.59 Å². The highest BCUT2D eigenvalue weighted by molar-refractivity contribution is 5.85. The van der Waals surface area contributed by atoms with Gasteiger partial charge in [-0.3, -0.25) is 14.5 Å². The molecule has 0 aromatic heterocycles. The van der Waals surface area contributed by atoms with Crippen molar-refractivity contribution in [1.82, 2.24) is 20.0 Å². The maximum Gasteiger partial charge on any atom is 0.236 e. The predicted octanol–water partition coefficient (Wildman–Crippen LogP) is 2.40. The second kappa shape index (κ2) is 13.7. The third-order valence-corrected chi connectivity index (χ3v) is 6.73. The lowest BCUT2D eigenvalue weighted by Crippen LogP contribution is -2.52. The molecule has 0 aromatic carbocycles. The summed E-state index contributed by atoms with van der Waals surface area (Å²) in [6, 6.07) is 0. The highest BCUT2D eigenvalue weighted by Crippen LogP contribution is 2.25. The van der Waals surface area contributed by atoms with Crippen LogP contribution in [0.5, 0.6) is 0 Å². The van der Waals surface area contributed by atoms with Crippen LogP contribution in [0.1, 0.15) is 51.9 Å². The van der Waals surface area contributed by atoms with Crippen LogP contribution in [0.2, 0.25) is 0 Å². The first kappa shape index (κ1) is 26.5. The molecule has 29 heavy (non-hydrogen) atoms. The van der Waals surface area contributed by atoms with Crippen LogP contribution in [0, 0.1) is 11.8 Å². The first-order valence-corrected chi connectivity index (χ1v) is 11.1. The molecule has 1 N–H and O–H groups in total. The van der Waals surface area contributed by atoms with Gasteiger partial charge in [0.15, 0.2) is 0 Å². The van der Waals surface area contributed by atoms with Crippen LogP contribution in [-0.2, 0) is 9.59 Å². The van der Waals surface area contributed by atoms with Crippen molar-refractivity contribution in [2.75, 3.05) is 58.9 Å². The standard InChI is InChI=1S/C21H38N4O2.2ClH/c1-18(19-6-8-22-9-7-19)16-20(26)25-14-12-23(13-15-25)17-21(27)24-10-4-2-3-5-11-24;;/h18-19,22H,2-17H2,1H3;2*1H. The number of amides is 2. The molecule has 0 radical (unpaired) electrons. The van der Waals surface area contributed by atoms with Gasteiger partial charge in [0.25, 0.3) is 0 Å². The highest BCUT2D eigenvalue weighted by Gasteiger charge is 2.27.